The highest BCUT2D eigenvalue weighted by Crippen LogP contribution is 2.28. The Bertz CT molecular complexity index is 275. The fraction of sp³-hybridized carbons (Fsp3) is 0.143. The van der Waals surface area contributed by atoms with Crippen LogP contribution >= 0.6 is 0 Å². The van der Waals surface area contributed by atoms with Gasteiger partial charge >= 0.3 is 0 Å². The lowest BCUT2D eigenvalue weighted by atomic mass is 10.2. The second-order valence-electron chi connectivity index (χ2n) is 2.00. The molecular formula is C7H7F2NO. The van der Waals surface area contributed by atoms with E-state index in [0.717, 1.165) is 12.1 Å². The second kappa shape index (κ2) is 2.74. The van der Waals surface area contributed by atoms with Crippen molar-refractivity contribution in [1.29, 1.82) is 0 Å². The molecule has 2 nitrogen and oxygen atoms in total. The van der Waals surface area contributed by atoms with Gasteiger partial charge in [0.1, 0.15) is 11.5 Å². The number of hydrogen-bond acceptors (Lipinski definition) is 2. The van der Waals surface area contributed by atoms with Crippen molar-refractivity contribution in [3.8, 4) is 5.75 Å². The van der Waals surface area contributed by atoms with Gasteiger partial charge in [-0.05, 0) is 12.1 Å². The highest BCUT2D eigenvalue weighted by molar-refractivity contribution is 5.56. The molecule has 0 aliphatic rings. The zero-order valence-corrected chi connectivity index (χ0v) is 5.86. The summed E-state index contributed by atoms with van der Waals surface area (Å²) in [5.74, 6) is -2.20. The minimum Gasteiger partial charge on any atom is -0.503 e. The molecule has 4 heteroatoms. The summed E-state index contributed by atoms with van der Waals surface area (Å²) in [4.78, 5) is 0. The average Bonchev–Trinajstić information content (AvgIpc) is 1.99. The summed E-state index contributed by atoms with van der Waals surface area (Å²) in [5.41, 5.74) is -0.218. The van der Waals surface area contributed by atoms with E-state index < -0.39 is 17.4 Å². The molecule has 0 aliphatic heterocycles. The monoisotopic (exact) mass is 159 g/mol. The maximum absolute atomic E-state index is 12.6. The van der Waals surface area contributed by atoms with E-state index in [9.17, 15) is 8.78 Å². The third-order valence-electron chi connectivity index (χ3n) is 1.33. The van der Waals surface area contributed by atoms with Gasteiger partial charge in [-0.3, -0.25) is 0 Å². The summed E-state index contributed by atoms with van der Waals surface area (Å²) >= 11 is 0. The molecule has 60 valence electrons. The van der Waals surface area contributed by atoms with E-state index in [-0.39, 0.29) is 5.69 Å². The van der Waals surface area contributed by atoms with Gasteiger partial charge in [-0.25, -0.2) is 8.78 Å². The van der Waals surface area contributed by atoms with Gasteiger partial charge in [0.25, 0.3) is 0 Å². The molecule has 0 fully saturated rings. The Morgan fingerprint density at radius 2 is 1.82 bits per heavy atom. The molecule has 0 unspecified atom stereocenters. The van der Waals surface area contributed by atoms with Gasteiger partial charge in [0.15, 0.2) is 11.6 Å². The Morgan fingerprint density at radius 1 is 1.27 bits per heavy atom. The highest BCUT2D eigenvalue weighted by atomic mass is 19.1. The first-order valence-electron chi connectivity index (χ1n) is 3.01. The number of rotatable bonds is 1. The summed E-state index contributed by atoms with van der Waals surface area (Å²) in [6.07, 6.45) is 0. The Kier molecular flexibility index (Phi) is 1.94. The number of phenolic OH excluding ortho intramolecular Hbond substituents is 1. The normalized spacial score (nSPS) is 9.73. The number of anilines is 1. The lowest BCUT2D eigenvalue weighted by Gasteiger charge is -2.04. The molecule has 0 saturated carbocycles. The fourth-order valence-corrected chi connectivity index (χ4v) is 0.779. The molecule has 0 aromatic heterocycles. The van der Waals surface area contributed by atoms with E-state index in [1.807, 2.05) is 0 Å². The van der Waals surface area contributed by atoms with Crippen LogP contribution in [0.4, 0.5) is 14.5 Å². The number of aromatic hydroxyl groups is 1. The lowest BCUT2D eigenvalue weighted by Crippen LogP contribution is -1.94. The first-order chi connectivity index (χ1) is 5.16. The van der Waals surface area contributed by atoms with Gasteiger partial charge in [0, 0.05) is 7.05 Å². The van der Waals surface area contributed by atoms with Crippen LogP contribution in [0.15, 0.2) is 12.1 Å². The molecule has 0 spiro atoms. The third-order valence-corrected chi connectivity index (χ3v) is 1.33. The van der Waals surface area contributed by atoms with Crippen LogP contribution in [0.2, 0.25) is 0 Å². The maximum Gasteiger partial charge on any atom is 0.177 e. The summed E-state index contributed by atoms with van der Waals surface area (Å²) in [7, 11) is 1.40. The van der Waals surface area contributed by atoms with E-state index in [4.69, 9.17) is 5.11 Å². The van der Waals surface area contributed by atoms with E-state index in [1.54, 1.807) is 0 Å². The lowest BCUT2D eigenvalue weighted by molar-refractivity contribution is 0.430. The molecule has 11 heavy (non-hydrogen) atoms. The van der Waals surface area contributed by atoms with Gasteiger partial charge in [-0.2, -0.15) is 0 Å². The Hall–Kier alpha value is -1.32. The van der Waals surface area contributed by atoms with Gasteiger partial charge in [0.2, 0.25) is 0 Å². The zero-order valence-electron chi connectivity index (χ0n) is 5.86. The Balaban J connectivity index is 3.29. The Morgan fingerprint density at radius 3 is 2.27 bits per heavy atom. The SMILES string of the molecule is CNc1c(F)ccc(F)c1O. The van der Waals surface area contributed by atoms with Crippen LogP contribution in [0.3, 0.4) is 0 Å². The molecule has 0 atom stereocenters. The van der Waals surface area contributed by atoms with Gasteiger partial charge in [0.05, 0.1) is 0 Å². The molecular weight excluding hydrogens is 152 g/mol. The predicted octanol–water partition coefficient (Wildman–Crippen LogP) is 1.71. The van der Waals surface area contributed by atoms with Crippen LogP contribution in [-0.2, 0) is 0 Å². The van der Waals surface area contributed by atoms with Crippen LogP contribution in [-0.4, -0.2) is 12.2 Å². The summed E-state index contributed by atoms with van der Waals surface area (Å²) < 4.78 is 25.1. The van der Waals surface area contributed by atoms with Gasteiger partial charge in [-0.1, -0.05) is 0 Å². The van der Waals surface area contributed by atoms with E-state index >= 15 is 0 Å². The van der Waals surface area contributed by atoms with E-state index in [0.29, 0.717) is 0 Å². The average molecular weight is 159 g/mol. The first kappa shape index (κ1) is 7.78. The molecule has 0 saturated heterocycles. The summed E-state index contributed by atoms with van der Waals surface area (Å²) in [6.45, 7) is 0. The second-order valence-corrected chi connectivity index (χ2v) is 2.00. The zero-order chi connectivity index (χ0) is 8.43. The molecule has 0 heterocycles. The minimum atomic E-state index is -0.837. The van der Waals surface area contributed by atoms with Crippen molar-refractivity contribution >= 4 is 5.69 Å². The minimum absolute atomic E-state index is 0.218. The third kappa shape index (κ3) is 1.24. The van der Waals surface area contributed by atoms with Crippen LogP contribution in [0.1, 0.15) is 0 Å². The quantitative estimate of drug-likeness (QED) is 0.611. The van der Waals surface area contributed by atoms with Crippen molar-refractivity contribution in [3.63, 3.8) is 0 Å². The summed E-state index contributed by atoms with van der Waals surface area (Å²) in [6, 6.07) is 1.81. The van der Waals surface area contributed by atoms with E-state index in [1.165, 1.54) is 7.05 Å². The van der Waals surface area contributed by atoms with Crippen molar-refractivity contribution < 1.29 is 13.9 Å². The fourth-order valence-electron chi connectivity index (χ4n) is 0.779. The largest absolute Gasteiger partial charge is 0.503 e. The van der Waals surface area contributed by atoms with Crippen molar-refractivity contribution in [2.45, 2.75) is 0 Å². The van der Waals surface area contributed by atoms with Crippen molar-refractivity contribution in [2.24, 2.45) is 0 Å². The molecule has 0 amide bonds. The number of phenols is 1. The van der Waals surface area contributed by atoms with E-state index in [2.05, 4.69) is 5.32 Å². The number of benzene rings is 1. The van der Waals surface area contributed by atoms with Crippen LogP contribution in [0, 0.1) is 11.6 Å². The smallest absolute Gasteiger partial charge is 0.177 e. The maximum atomic E-state index is 12.6. The number of hydrogen-bond donors (Lipinski definition) is 2. The molecule has 0 radical (unpaired) electrons. The van der Waals surface area contributed by atoms with Crippen molar-refractivity contribution in [3.05, 3.63) is 23.8 Å². The highest BCUT2D eigenvalue weighted by Gasteiger charge is 2.09. The van der Waals surface area contributed by atoms with Gasteiger partial charge in [-0.15, -0.1) is 0 Å². The molecule has 2 N–H and O–H groups in total. The molecule has 1 rings (SSSR count). The molecule has 1 aromatic carbocycles. The van der Waals surface area contributed by atoms with Crippen LogP contribution < -0.4 is 5.32 Å². The first-order valence-corrected chi connectivity index (χ1v) is 3.01. The molecule has 0 bridgehead atoms. The number of nitrogens with one attached hydrogen (secondary N) is 1. The topological polar surface area (TPSA) is 32.3 Å². The van der Waals surface area contributed by atoms with Crippen molar-refractivity contribution in [2.75, 3.05) is 12.4 Å². The summed E-state index contributed by atoms with van der Waals surface area (Å²) in [5, 5.41) is 11.2. The predicted molar refractivity (Wildman–Crippen MR) is 37.6 cm³/mol. The van der Waals surface area contributed by atoms with Crippen molar-refractivity contribution in [1.82, 2.24) is 0 Å². The van der Waals surface area contributed by atoms with Crippen LogP contribution in [0.5, 0.6) is 5.75 Å². The number of halogens is 2. The Labute approximate surface area is 62.5 Å². The molecule has 1 aromatic rings. The standard InChI is InChI=1S/C7H7F2NO/c1-10-6-4(8)2-3-5(9)7(6)11/h2-3,10-11H,1H3. The van der Waals surface area contributed by atoms with Gasteiger partial charge < -0.3 is 10.4 Å². The molecule has 0 aliphatic carbocycles. The van der Waals surface area contributed by atoms with Crippen LogP contribution in [0.25, 0.3) is 0 Å².